The molecule has 0 saturated carbocycles. The molecule has 0 N–H and O–H groups in total. The van der Waals surface area contributed by atoms with Gasteiger partial charge in [0.1, 0.15) is 0 Å². The Bertz CT molecular complexity index is 311. The maximum atomic E-state index is 6.25. The largest absolute Gasteiger partial charge is 0.379 e. The Morgan fingerprint density at radius 2 is 1.48 bits per heavy atom. The van der Waals surface area contributed by atoms with E-state index in [1.54, 1.807) is 0 Å². The van der Waals surface area contributed by atoms with Gasteiger partial charge >= 0.3 is 0 Å². The van der Waals surface area contributed by atoms with Crippen molar-refractivity contribution >= 4 is 0 Å². The molecule has 2 rings (SSSR count). The van der Waals surface area contributed by atoms with Gasteiger partial charge in [0, 0.05) is 37.3 Å². The molecule has 124 valence electrons. The fraction of sp³-hybridized carbons (Fsp3) is 1.00. The molecule has 0 amide bonds. The van der Waals surface area contributed by atoms with Gasteiger partial charge in [-0.25, -0.2) is 0 Å². The van der Waals surface area contributed by atoms with Crippen molar-refractivity contribution in [3.8, 4) is 0 Å². The summed E-state index contributed by atoms with van der Waals surface area (Å²) in [5.41, 5.74) is 0.406. The molecule has 0 bridgehead atoms. The van der Waals surface area contributed by atoms with Crippen LogP contribution < -0.4 is 0 Å². The molecule has 4 nitrogen and oxygen atoms in total. The summed E-state index contributed by atoms with van der Waals surface area (Å²) in [7, 11) is 0. The number of nitrogens with zero attached hydrogens (tertiary/aromatic N) is 2. The van der Waals surface area contributed by atoms with Crippen LogP contribution in [0.3, 0.4) is 0 Å². The Balaban J connectivity index is 1.73. The highest BCUT2D eigenvalue weighted by molar-refractivity contribution is 4.85. The summed E-state index contributed by atoms with van der Waals surface area (Å²) in [6, 6.07) is 0. The number of rotatable bonds is 4. The van der Waals surface area contributed by atoms with Crippen LogP contribution in [0, 0.1) is 0 Å². The molecule has 0 spiro atoms. The molecule has 0 aromatic carbocycles. The van der Waals surface area contributed by atoms with Crippen LogP contribution in [0.5, 0.6) is 0 Å². The number of piperidine rings is 1. The van der Waals surface area contributed by atoms with E-state index >= 15 is 0 Å². The summed E-state index contributed by atoms with van der Waals surface area (Å²) < 4.78 is 11.7. The first-order chi connectivity index (χ1) is 9.79. The summed E-state index contributed by atoms with van der Waals surface area (Å²) >= 11 is 0. The summed E-state index contributed by atoms with van der Waals surface area (Å²) in [5.74, 6) is 0. The molecular weight excluding hydrogens is 264 g/mol. The van der Waals surface area contributed by atoms with E-state index in [0.717, 1.165) is 58.8 Å². The minimum absolute atomic E-state index is 0.116. The molecule has 0 radical (unpaired) electrons. The van der Waals surface area contributed by atoms with Gasteiger partial charge in [-0.15, -0.1) is 0 Å². The quantitative estimate of drug-likeness (QED) is 0.795. The minimum Gasteiger partial charge on any atom is -0.379 e. The lowest BCUT2D eigenvalue weighted by molar-refractivity contribution is -0.0779. The summed E-state index contributed by atoms with van der Waals surface area (Å²) in [5, 5.41) is 0. The topological polar surface area (TPSA) is 24.9 Å². The molecule has 21 heavy (non-hydrogen) atoms. The van der Waals surface area contributed by atoms with Gasteiger partial charge in [-0.3, -0.25) is 9.80 Å². The van der Waals surface area contributed by atoms with Crippen LogP contribution >= 0.6 is 0 Å². The molecule has 0 aromatic rings. The Morgan fingerprint density at radius 1 is 0.905 bits per heavy atom. The predicted octanol–water partition coefficient (Wildman–Crippen LogP) is 2.38. The van der Waals surface area contributed by atoms with E-state index in [4.69, 9.17) is 9.47 Å². The van der Waals surface area contributed by atoms with Gasteiger partial charge < -0.3 is 9.47 Å². The highest BCUT2D eigenvalue weighted by Crippen LogP contribution is 2.24. The number of morpholine rings is 1. The monoisotopic (exact) mass is 298 g/mol. The molecule has 0 atom stereocenters. The zero-order valence-electron chi connectivity index (χ0n) is 14.7. The van der Waals surface area contributed by atoms with Gasteiger partial charge in [0.25, 0.3) is 0 Å². The van der Waals surface area contributed by atoms with Gasteiger partial charge in [-0.2, -0.15) is 0 Å². The Morgan fingerprint density at radius 3 is 2.00 bits per heavy atom. The predicted molar refractivity (Wildman–Crippen MR) is 86.8 cm³/mol. The van der Waals surface area contributed by atoms with Crippen molar-refractivity contribution in [3.63, 3.8) is 0 Å². The van der Waals surface area contributed by atoms with E-state index in [1.807, 2.05) is 0 Å². The number of ether oxygens (including phenoxy) is 2. The highest BCUT2D eigenvalue weighted by Gasteiger charge is 2.31. The first-order valence-electron chi connectivity index (χ1n) is 8.48. The third-order valence-corrected chi connectivity index (χ3v) is 4.93. The fourth-order valence-electron chi connectivity index (χ4n) is 3.28. The SMILES string of the molecule is CC(C)(C)N1CCC(OCC(C)(C)N2CCOCC2)CC1. The summed E-state index contributed by atoms with van der Waals surface area (Å²) in [4.78, 5) is 5.07. The molecule has 2 saturated heterocycles. The summed E-state index contributed by atoms with van der Waals surface area (Å²) in [6.45, 7) is 18.4. The lowest BCUT2D eigenvalue weighted by Crippen LogP contribution is -2.53. The molecule has 2 fully saturated rings. The van der Waals surface area contributed by atoms with Gasteiger partial charge in [-0.05, 0) is 47.5 Å². The van der Waals surface area contributed by atoms with Crippen LogP contribution in [0.25, 0.3) is 0 Å². The van der Waals surface area contributed by atoms with Crippen molar-refractivity contribution in [2.45, 2.75) is 64.6 Å². The number of likely N-dealkylation sites (tertiary alicyclic amines) is 1. The average molecular weight is 298 g/mol. The standard InChI is InChI=1S/C17H34N2O2/c1-16(2,3)18-8-6-15(7-9-18)21-14-17(4,5)19-10-12-20-13-11-19/h15H,6-14H2,1-5H3. The minimum atomic E-state index is 0.116. The van der Waals surface area contributed by atoms with E-state index < -0.39 is 0 Å². The molecule has 0 unspecified atom stereocenters. The van der Waals surface area contributed by atoms with Gasteiger partial charge in [0.2, 0.25) is 0 Å². The van der Waals surface area contributed by atoms with Gasteiger partial charge in [0.05, 0.1) is 25.9 Å². The normalized spacial score (nSPS) is 24.4. The van der Waals surface area contributed by atoms with E-state index in [-0.39, 0.29) is 11.1 Å². The van der Waals surface area contributed by atoms with Crippen molar-refractivity contribution in [1.82, 2.24) is 9.80 Å². The second-order valence-electron chi connectivity index (χ2n) is 8.08. The molecule has 0 aliphatic carbocycles. The molecule has 2 aliphatic heterocycles. The smallest absolute Gasteiger partial charge is 0.0648 e. The first kappa shape index (κ1) is 17.2. The highest BCUT2D eigenvalue weighted by atomic mass is 16.5. The van der Waals surface area contributed by atoms with Crippen molar-refractivity contribution in [1.29, 1.82) is 0 Å². The molecule has 0 aromatic heterocycles. The Hall–Kier alpha value is -0.160. The van der Waals surface area contributed by atoms with Crippen molar-refractivity contribution in [2.75, 3.05) is 46.0 Å². The average Bonchev–Trinajstić information content (AvgIpc) is 2.46. The van der Waals surface area contributed by atoms with Gasteiger partial charge in [0.15, 0.2) is 0 Å². The van der Waals surface area contributed by atoms with E-state index in [0.29, 0.717) is 6.10 Å². The Kier molecular flexibility index (Phi) is 5.69. The number of hydrogen-bond acceptors (Lipinski definition) is 4. The third-order valence-electron chi connectivity index (χ3n) is 4.93. The van der Waals surface area contributed by atoms with Crippen molar-refractivity contribution in [2.24, 2.45) is 0 Å². The zero-order chi connectivity index (χ0) is 15.5. The molecular formula is C17H34N2O2. The Labute approximate surface area is 130 Å². The summed E-state index contributed by atoms with van der Waals surface area (Å²) in [6.07, 6.45) is 2.76. The second-order valence-corrected chi connectivity index (χ2v) is 8.08. The second kappa shape index (κ2) is 6.95. The van der Waals surface area contributed by atoms with Crippen LogP contribution in [0.4, 0.5) is 0 Å². The number of hydrogen-bond donors (Lipinski definition) is 0. The van der Waals surface area contributed by atoms with E-state index in [9.17, 15) is 0 Å². The van der Waals surface area contributed by atoms with Crippen molar-refractivity contribution < 1.29 is 9.47 Å². The maximum Gasteiger partial charge on any atom is 0.0648 e. The van der Waals surface area contributed by atoms with Crippen molar-refractivity contribution in [3.05, 3.63) is 0 Å². The molecule has 2 aliphatic rings. The molecule has 4 heteroatoms. The van der Waals surface area contributed by atoms with Crippen LogP contribution in [-0.4, -0.2) is 73.0 Å². The fourth-order valence-corrected chi connectivity index (χ4v) is 3.28. The molecule has 2 heterocycles. The lowest BCUT2D eigenvalue weighted by Gasteiger charge is -2.43. The van der Waals surface area contributed by atoms with Crippen LogP contribution in [-0.2, 0) is 9.47 Å². The van der Waals surface area contributed by atoms with E-state index in [1.165, 1.54) is 0 Å². The van der Waals surface area contributed by atoms with Crippen LogP contribution in [0.15, 0.2) is 0 Å². The lowest BCUT2D eigenvalue weighted by atomic mass is 9.99. The first-order valence-corrected chi connectivity index (χ1v) is 8.48. The van der Waals surface area contributed by atoms with Crippen LogP contribution in [0.1, 0.15) is 47.5 Å². The van der Waals surface area contributed by atoms with E-state index in [2.05, 4.69) is 44.4 Å². The maximum absolute atomic E-state index is 6.25. The third kappa shape index (κ3) is 4.92. The zero-order valence-corrected chi connectivity index (χ0v) is 14.7. The van der Waals surface area contributed by atoms with Crippen LogP contribution in [0.2, 0.25) is 0 Å². The van der Waals surface area contributed by atoms with Gasteiger partial charge in [-0.1, -0.05) is 0 Å².